The third-order valence-electron chi connectivity index (χ3n) is 4.12. The first-order valence-corrected chi connectivity index (χ1v) is 6.58. The smallest absolute Gasteiger partial charge is 0.309 e. The molecular formula is C15H21NO3. The molecule has 4 heteroatoms. The van der Waals surface area contributed by atoms with Crippen LogP contribution in [-0.4, -0.2) is 28.8 Å². The molecule has 0 fully saturated rings. The first-order chi connectivity index (χ1) is 8.75. The number of aliphatic carboxylic acids is 1. The molecule has 1 unspecified atom stereocenters. The maximum Gasteiger partial charge on any atom is 0.309 e. The molecule has 4 nitrogen and oxygen atoms in total. The number of aromatic hydroxyl groups is 1. The van der Waals surface area contributed by atoms with Gasteiger partial charge < -0.3 is 15.1 Å². The van der Waals surface area contributed by atoms with Crippen molar-refractivity contribution in [3.05, 3.63) is 23.8 Å². The van der Waals surface area contributed by atoms with Gasteiger partial charge in [-0.1, -0.05) is 0 Å². The van der Waals surface area contributed by atoms with Crippen LogP contribution in [0.15, 0.2) is 18.2 Å². The van der Waals surface area contributed by atoms with Gasteiger partial charge in [0.05, 0.1) is 5.41 Å². The standard InChI is InChI=1S/C15H21NO3/c1-9(2)16-8-12(15(3,4)14(18)19)11-7-10(17)5-6-13(11)16/h5-7,9,12,17H,8H2,1-4H3,(H,18,19). The topological polar surface area (TPSA) is 60.8 Å². The van der Waals surface area contributed by atoms with E-state index in [0.29, 0.717) is 12.6 Å². The fourth-order valence-electron chi connectivity index (χ4n) is 2.73. The van der Waals surface area contributed by atoms with Crippen molar-refractivity contribution in [3.8, 4) is 5.75 Å². The van der Waals surface area contributed by atoms with E-state index in [1.165, 1.54) is 0 Å². The van der Waals surface area contributed by atoms with Gasteiger partial charge in [0.25, 0.3) is 0 Å². The Labute approximate surface area is 113 Å². The molecule has 2 rings (SSSR count). The lowest BCUT2D eigenvalue weighted by Gasteiger charge is -2.29. The fraction of sp³-hybridized carbons (Fsp3) is 0.533. The van der Waals surface area contributed by atoms with Gasteiger partial charge in [-0.3, -0.25) is 4.79 Å². The number of nitrogens with zero attached hydrogens (tertiary/aromatic N) is 1. The lowest BCUT2D eigenvalue weighted by Crippen LogP contribution is -2.36. The molecule has 0 spiro atoms. The summed E-state index contributed by atoms with van der Waals surface area (Å²) in [6, 6.07) is 5.54. The van der Waals surface area contributed by atoms with Gasteiger partial charge in [-0.25, -0.2) is 0 Å². The monoisotopic (exact) mass is 263 g/mol. The highest BCUT2D eigenvalue weighted by Gasteiger charge is 2.44. The molecule has 0 aromatic heterocycles. The molecule has 1 aliphatic heterocycles. The summed E-state index contributed by atoms with van der Waals surface area (Å²) in [7, 11) is 0. The highest BCUT2D eigenvalue weighted by Crippen LogP contribution is 2.47. The van der Waals surface area contributed by atoms with Gasteiger partial charge in [0.15, 0.2) is 0 Å². The average molecular weight is 263 g/mol. The minimum Gasteiger partial charge on any atom is -0.508 e. The van der Waals surface area contributed by atoms with E-state index in [-0.39, 0.29) is 11.7 Å². The van der Waals surface area contributed by atoms with Gasteiger partial charge in [-0.15, -0.1) is 0 Å². The summed E-state index contributed by atoms with van der Waals surface area (Å²) in [5.74, 6) is -0.734. The van der Waals surface area contributed by atoms with Crippen LogP contribution < -0.4 is 4.90 Å². The number of anilines is 1. The molecule has 0 bridgehead atoms. The first kappa shape index (κ1) is 13.7. The van der Waals surface area contributed by atoms with Crippen molar-refractivity contribution in [2.75, 3.05) is 11.4 Å². The van der Waals surface area contributed by atoms with Crippen LogP contribution in [0.25, 0.3) is 0 Å². The van der Waals surface area contributed by atoms with Crippen LogP contribution in [0.5, 0.6) is 5.75 Å². The Bertz CT molecular complexity index is 508. The van der Waals surface area contributed by atoms with Gasteiger partial charge >= 0.3 is 5.97 Å². The van der Waals surface area contributed by atoms with E-state index in [9.17, 15) is 15.0 Å². The van der Waals surface area contributed by atoms with Crippen molar-refractivity contribution in [3.63, 3.8) is 0 Å². The number of benzene rings is 1. The molecule has 1 aromatic carbocycles. The quantitative estimate of drug-likeness (QED) is 0.880. The molecule has 0 amide bonds. The van der Waals surface area contributed by atoms with E-state index in [2.05, 4.69) is 18.7 Å². The van der Waals surface area contributed by atoms with Crippen LogP contribution in [0.2, 0.25) is 0 Å². The summed E-state index contributed by atoms with van der Waals surface area (Å²) in [4.78, 5) is 13.7. The predicted molar refractivity (Wildman–Crippen MR) is 74.7 cm³/mol. The Hall–Kier alpha value is -1.71. The Balaban J connectivity index is 2.52. The number of carbonyl (C=O) groups is 1. The highest BCUT2D eigenvalue weighted by molar-refractivity contribution is 5.77. The summed E-state index contributed by atoms with van der Waals surface area (Å²) in [6.07, 6.45) is 0. The van der Waals surface area contributed by atoms with Crippen LogP contribution in [0.4, 0.5) is 5.69 Å². The van der Waals surface area contributed by atoms with E-state index >= 15 is 0 Å². The summed E-state index contributed by atoms with van der Waals surface area (Å²) in [5, 5.41) is 19.1. The van der Waals surface area contributed by atoms with E-state index in [1.807, 2.05) is 6.07 Å². The van der Waals surface area contributed by atoms with Crippen molar-refractivity contribution in [2.45, 2.75) is 39.7 Å². The van der Waals surface area contributed by atoms with Crippen LogP contribution in [0, 0.1) is 5.41 Å². The van der Waals surface area contributed by atoms with Gasteiger partial charge in [-0.2, -0.15) is 0 Å². The molecular weight excluding hydrogens is 242 g/mol. The van der Waals surface area contributed by atoms with Crippen molar-refractivity contribution in [1.29, 1.82) is 0 Å². The van der Waals surface area contributed by atoms with Crippen molar-refractivity contribution < 1.29 is 15.0 Å². The zero-order valence-corrected chi connectivity index (χ0v) is 11.8. The summed E-state index contributed by atoms with van der Waals surface area (Å²) in [5.41, 5.74) is 1.11. The SMILES string of the molecule is CC(C)N1CC(C(C)(C)C(=O)O)c2cc(O)ccc21. The third kappa shape index (κ3) is 2.15. The Morgan fingerprint density at radius 1 is 1.42 bits per heavy atom. The average Bonchev–Trinajstić information content (AvgIpc) is 2.67. The molecule has 0 saturated heterocycles. The molecule has 1 atom stereocenters. The second kappa shape index (κ2) is 4.44. The Kier molecular flexibility index (Phi) is 3.20. The Morgan fingerprint density at radius 2 is 2.05 bits per heavy atom. The van der Waals surface area contributed by atoms with Crippen LogP contribution >= 0.6 is 0 Å². The van der Waals surface area contributed by atoms with Crippen molar-refractivity contribution in [1.82, 2.24) is 0 Å². The van der Waals surface area contributed by atoms with Crippen molar-refractivity contribution >= 4 is 11.7 Å². The number of phenols is 1. The minimum absolute atomic E-state index is 0.116. The maximum absolute atomic E-state index is 11.5. The zero-order valence-electron chi connectivity index (χ0n) is 11.8. The number of rotatable bonds is 3. The van der Waals surface area contributed by atoms with Gasteiger partial charge in [0.1, 0.15) is 5.75 Å². The van der Waals surface area contributed by atoms with E-state index in [0.717, 1.165) is 11.3 Å². The number of hydrogen-bond acceptors (Lipinski definition) is 3. The van der Waals surface area contributed by atoms with Gasteiger partial charge in [0.2, 0.25) is 0 Å². The summed E-state index contributed by atoms with van der Waals surface area (Å²) < 4.78 is 0. The summed E-state index contributed by atoms with van der Waals surface area (Å²) >= 11 is 0. The second-order valence-corrected chi connectivity index (χ2v) is 6.07. The highest BCUT2D eigenvalue weighted by atomic mass is 16.4. The molecule has 104 valence electrons. The number of carboxylic acids is 1. The normalized spacial score (nSPS) is 18.8. The van der Waals surface area contributed by atoms with E-state index in [1.54, 1.807) is 26.0 Å². The van der Waals surface area contributed by atoms with Gasteiger partial charge in [-0.05, 0) is 51.5 Å². The fourth-order valence-corrected chi connectivity index (χ4v) is 2.73. The van der Waals surface area contributed by atoms with E-state index in [4.69, 9.17) is 0 Å². The third-order valence-corrected chi connectivity index (χ3v) is 4.12. The zero-order chi connectivity index (χ0) is 14.4. The van der Waals surface area contributed by atoms with Crippen LogP contribution in [0.3, 0.4) is 0 Å². The first-order valence-electron chi connectivity index (χ1n) is 6.58. The lowest BCUT2D eigenvalue weighted by atomic mass is 9.76. The van der Waals surface area contributed by atoms with Crippen LogP contribution in [-0.2, 0) is 4.79 Å². The molecule has 1 aromatic rings. The largest absolute Gasteiger partial charge is 0.508 e. The molecule has 1 heterocycles. The van der Waals surface area contributed by atoms with E-state index < -0.39 is 11.4 Å². The number of hydrogen-bond donors (Lipinski definition) is 2. The minimum atomic E-state index is -0.855. The molecule has 0 saturated carbocycles. The van der Waals surface area contributed by atoms with Gasteiger partial charge in [0, 0.05) is 24.2 Å². The summed E-state index contributed by atoms with van der Waals surface area (Å²) in [6.45, 7) is 8.35. The second-order valence-electron chi connectivity index (χ2n) is 6.07. The van der Waals surface area contributed by atoms with Crippen LogP contribution in [0.1, 0.15) is 39.2 Å². The molecule has 0 radical (unpaired) electrons. The number of fused-ring (bicyclic) bond motifs is 1. The number of carboxylic acid groups (broad SMARTS) is 1. The maximum atomic E-state index is 11.5. The molecule has 0 aliphatic carbocycles. The Morgan fingerprint density at radius 3 is 2.58 bits per heavy atom. The molecule has 19 heavy (non-hydrogen) atoms. The number of phenolic OH excluding ortho intramolecular Hbond substituents is 1. The predicted octanol–water partition coefficient (Wildman–Crippen LogP) is 2.82. The lowest BCUT2D eigenvalue weighted by molar-refractivity contribution is -0.148. The molecule has 2 N–H and O–H groups in total. The molecule has 1 aliphatic rings. The van der Waals surface area contributed by atoms with Crippen molar-refractivity contribution in [2.24, 2.45) is 5.41 Å².